The number of thioether (sulfide) groups is 1. The average molecular weight is 490 g/mol. The van der Waals surface area contributed by atoms with E-state index in [9.17, 15) is 9.59 Å². The van der Waals surface area contributed by atoms with Crippen LogP contribution in [0.4, 0.5) is 4.79 Å². The van der Waals surface area contributed by atoms with Crippen LogP contribution in [0.25, 0.3) is 6.08 Å². The minimum absolute atomic E-state index is 0.251. The van der Waals surface area contributed by atoms with Crippen LogP contribution in [0.2, 0.25) is 0 Å². The molecule has 1 heterocycles. The zero-order valence-electron chi connectivity index (χ0n) is 17.2. The average Bonchev–Trinajstić information content (AvgIpc) is 2.96. The fourth-order valence-corrected chi connectivity index (χ4v) is 3.92. The van der Waals surface area contributed by atoms with Gasteiger partial charge in [0.1, 0.15) is 0 Å². The minimum atomic E-state index is -0.286. The third kappa shape index (κ3) is 5.67. The number of carbonyl (C=O) groups is 2. The summed E-state index contributed by atoms with van der Waals surface area (Å²) in [5, 5.41) is -0.268. The maximum atomic E-state index is 12.8. The molecule has 0 aromatic heterocycles. The van der Waals surface area contributed by atoms with Crippen molar-refractivity contribution in [2.75, 3.05) is 13.2 Å². The smallest absolute Gasteiger partial charge is 0.293 e. The third-order valence-corrected chi connectivity index (χ3v) is 5.70. The summed E-state index contributed by atoms with van der Waals surface area (Å²) >= 11 is 4.34. The van der Waals surface area contributed by atoms with E-state index in [2.05, 4.69) is 29.8 Å². The lowest BCUT2D eigenvalue weighted by Crippen LogP contribution is -2.27. The number of imide groups is 1. The van der Waals surface area contributed by atoms with Crippen LogP contribution >= 0.6 is 27.7 Å². The number of rotatable bonds is 8. The molecule has 0 saturated carbocycles. The van der Waals surface area contributed by atoms with Crippen LogP contribution in [0.15, 0.2) is 51.8 Å². The number of halogens is 1. The molecule has 0 bridgehead atoms. The van der Waals surface area contributed by atoms with Crippen molar-refractivity contribution in [3.8, 4) is 11.5 Å². The molecule has 0 unspecified atom stereocenters. The second-order valence-corrected chi connectivity index (χ2v) is 9.15. The van der Waals surface area contributed by atoms with Gasteiger partial charge in [-0.1, -0.05) is 48.0 Å². The molecule has 0 radical (unpaired) electrons. The highest BCUT2D eigenvalue weighted by Crippen LogP contribution is 2.35. The Morgan fingerprint density at radius 2 is 1.80 bits per heavy atom. The van der Waals surface area contributed by atoms with Gasteiger partial charge in [-0.25, -0.2) is 0 Å². The summed E-state index contributed by atoms with van der Waals surface area (Å²) < 4.78 is 12.5. The largest absolute Gasteiger partial charge is 0.490 e. The maximum absolute atomic E-state index is 12.8. The van der Waals surface area contributed by atoms with Crippen molar-refractivity contribution in [1.82, 2.24) is 4.90 Å². The molecule has 0 spiro atoms. The van der Waals surface area contributed by atoms with E-state index in [0.29, 0.717) is 35.5 Å². The van der Waals surface area contributed by atoms with Crippen LogP contribution in [-0.4, -0.2) is 29.3 Å². The predicted octanol–water partition coefficient (Wildman–Crippen LogP) is 6.12. The highest BCUT2D eigenvalue weighted by atomic mass is 79.9. The molecule has 1 fully saturated rings. The summed E-state index contributed by atoms with van der Waals surface area (Å²) in [4.78, 5) is 26.9. The molecule has 0 aliphatic carbocycles. The number of amides is 2. The zero-order valence-corrected chi connectivity index (χ0v) is 19.6. The highest BCUT2D eigenvalue weighted by molar-refractivity contribution is 9.10. The predicted molar refractivity (Wildman–Crippen MR) is 124 cm³/mol. The highest BCUT2D eigenvalue weighted by Gasteiger charge is 2.35. The molecule has 158 valence electrons. The summed E-state index contributed by atoms with van der Waals surface area (Å²) in [5.74, 6) is 1.41. The van der Waals surface area contributed by atoms with Crippen LogP contribution < -0.4 is 9.47 Å². The van der Waals surface area contributed by atoms with Gasteiger partial charge in [-0.3, -0.25) is 14.5 Å². The van der Waals surface area contributed by atoms with Crippen LogP contribution in [0, 0.1) is 5.92 Å². The van der Waals surface area contributed by atoms with Gasteiger partial charge in [-0.2, -0.15) is 0 Å². The van der Waals surface area contributed by atoms with E-state index < -0.39 is 0 Å². The minimum Gasteiger partial charge on any atom is -0.490 e. The monoisotopic (exact) mass is 489 g/mol. The van der Waals surface area contributed by atoms with Crippen molar-refractivity contribution in [1.29, 1.82) is 0 Å². The summed E-state index contributed by atoms with van der Waals surface area (Å²) in [7, 11) is 0. The van der Waals surface area contributed by atoms with Crippen LogP contribution in [0.1, 0.15) is 31.9 Å². The number of hydrogen-bond acceptors (Lipinski definition) is 5. The Morgan fingerprint density at radius 1 is 1.07 bits per heavy atom. The molecule has 1 saturated heterocycles. The molecule has 2 aromatic rings. The van der Waals surface area contributed by atoms with Crippen molar-refractivity contribution in [3.05, 3.63) is 63.0 Å². The summed E-state index contributed by atoms with van der Waals surface area (Å²) in [6.07, 6.45) is 1.72. The van der Waals surface area contributed by atoms with Crippen LogP contribution in [0.5, 0.6) is 11.5 Å². The number of ether oxygens (including phenoxy) is 2. The molecule has 3 rings (SSSR count). The van der Waals surface area contributed by atoms with Crippen LogP contribution in [0.3, 0.4) is 0 Å². The molecule has 30 heavy (non-hydrogen) atoms. The van der Waals surface area contributed by atoms with Gasteiger partial charge in [0.2, 0.25) is 0 Å². The molecular formula is C23H24BrNO4S. The Morgan fingerprint density at radius 3 is 2.47 bits per heavy atom. The molecule has 2 amide bonds. The van der Waals surface area contributed by atoms with Gasteiger partial charge in [0.25, 0.3) is 11.1 Å². The number of nitrogens with zero attached hydrogens (tertiary/aromatic N) is 1. The van der Waals surface area contributed by atoms with Gasteiger partial charge in [-0.05, 0) is 66.1 Å². The third-order valence-electron chi connectivity index (χ3n) is 4.27. The fraction of sp³-hybridized carbons (Fsp3) is 0.304. The van der Waals surface area contributed by atoms with Gasteiger partial charge in [0.15, 0.2) is 11.5 Å². The lowest BCUT2D eigenvalue weighted by atomic mass is 10.1. The van der Waals surface area contributed by atoms with Crippen molar-refractivity contribution in [2.45, 2.75) is 27.3 Å². The second kappa shape index (κ2) is 10.2. The lowest BCUT2D eigenvalue weighted by Gasteiger charge is -2.14. The molecule has 5 nitrogen and oxygen atoms in total. The lowest BCUT2D eigenvalue weighted by molar-refractivity contribution is -0.123. The van der Waals surface area contributed by atoms with Crippen molar-refractivity contribution in [2.24, 2.45) is 5.92 Å². The Bertz CT molecular complexity index is 956. The number of carbonyl (C=O) groups excluding carboxylic acids is 2. The van der Waals surface area contributed by atoms with E-state index in [4.69, 9.17) is 9.47 Å². The van der Waals surface area contributed by atoms with Crippen LogP contribution in [-0.2, 0) is 11.3 Å². The van der Waals surface area contributed by atoms with Gasteiger partial charge in [-0.15, -0.1) is 0 Å². The van der Waals surface area contributed by atoms with Crippen molar-refractivity contribution < 1.29 is 19.1 Å². The second-order valence-electron chi connectivity index (χ2n) is 7.24. The molecule has 0 N–H and O–H groups in total. The molecule has 1 aliphatic heterocycles. The molecule has 1 aliphatic rings. The SMILES string of the molecule is CCOc1cc(/C=C2\SC(=O)N(Cc3ccc(Br)cc3)C2=O)ccc1OCC(C)C. The van der Waals surface area contributed by atoms with E-state index in [1.54, 1.807) is 6.08 Å². The van der Waals surface area contributed by atoms with Gasteiger partial charge >= 0.3 is 0 Å². The van der Waals surface area contributed by atoms with E-state index in [0.717, 1.165) is 27.4 Å². The summed E-state index contributed by atoms with van der Waals surface area (Å²) in [6, 6.07) is 13.1. The van der Waals surface area contributed by atoms with E-state index in [1.165, 1.54) is 4.90 Å². The van der Waals surface area contributed by atoms with Crippen molar-refractivity contribution >= 4 is 44.9 Å². The van der Waals surface area contributed by atoms with Gasteiger partial charge < -0.3 is 9.47 Å². The molecule has 0 atom stereocenters. The first-order valence-electron chi connectivity index (χ1n) is 9.76. The molecule has 7 heteroatoms. The van der Waals surface area contributed by atoms with E-state index in [-0.39, 0.29) is 17.7 Å². The topological polar surface area (TPSA) is 55.8 Å². The Labute approximate surface area is 189 Å². The Hall–Kier alpha value is -2.25. The summed E-state index contributed by atoms with van der Waals surface area (Å²) in [5.41, 5.74) is 1.68. The first kappa shape index (κ1) is 22.4. The maximum Gasteiger partial charge on any atom is 0.293 e. The molecular weight excluding hydrogens is 466 g/mol. The fourth-order valence-electron chi connectivity index (χ4n) is 2.82. The van der Waals surface area contributed by atoms with Gasteiger partial charge in [0.05, 0.1) is 24.7 Å². The van der Waals surface area contributed by atoms with Crippen molar-refractivity contribution in [3.63, 3.8) is 0 Å². The van der Waals surface area contributed by atoms with E-state index in [1.807, 2.05) is 49.4 Å². The standard InChI is InChI=1S/C23H24BrNO4S/c1-4-28-20-11-17(7-10-19(20)29-14-15(2)3)12-21-22(26)25(23(27)30-21)13-16-5-8-18(24)9-6-16/h5-12,15H,4,13-14H2,1-3H3/b21-12-. The van der Waals surface area contributed by atoms with E-state index >= 15 is 0 Å². The first-order valence-corrected chi connectivity index (χ1v) is 11.4. The molecule has 2 aromatic carbocycles. The Balaban J connectivity index is 1.78. The van der Waals surface area contributed by atoms with Gasteiger partial charge in [0, 0.05) is 4.47 Å². The first-order chi connectivity index (χ1) is 14.4. The number of hydrogen-bond donors (Lipinski definition) is 0. The Kier molecular flexibility index (Phi) is 7.61. The normalized spacial score (nSPS) is 15.4. The number of benzene rings is 2. The quantitative estimate of drug-likeness (QED) is 0.418. The summed E-state index contributed by atoms with van der Waals surface area (Å²) in [6.45, 7) is 7.42. The zero-order chi connectivity index (χ0) is 21.7.